The predicted octanol–water partition coefficient (Wildman–Crippen LogP) is 1.93. The number of amides is 1. The summed E-state index contributed by atoms with van der Waals surface area (Å²) in [6, 6.07) is -0.470. The van der Waals surface area contributed by atoms with E-state index in [0.717, 1.165) is 6.42 Å². The van der Waals surface area contributed by atoms with Gasteiger partial charge in [-0.2, -0.15) is 0 Å². The van der Waals surface area contributed by atoms with E-state index in [1.807, 2.05) is 27.7 Å². The molecule has 108 valence electrons. The summed E-state index contributed by atoms with van der Waals surface area (Å²) in [7, 11) is 0. The molecule has 0 rings (SSSR count). The van der Waals surface area contributed by atoms with Crippen molar-refractivity contribution in [1.29, 1.82) is 0 Å². The minimum absolute atomic E-state index is 0.0819. The lowest BCUT2D eigenvalue weighted by Gasteiger charge is -2.26. The van der Waals surface area contributed by atoms with Crippen LogP contribution in [0.2, 0.25) is 0 Å². The number of rotatable bonds is 7. The summed E-state index contributed by atoms with van der Waals surface area (Å²) in [6.45, 7) is 13.5. The first kappa shape index (κ1) is 17.4. The quantitative estimate of drug-likeness (QED) is 0.733. The van der Waals surface area contributed by atoms with Gasteiger partial charge in [-0.25, -0.2) is 0 Å². The van der Waals surface area contributed by atoms with Crippen molar-refractivity contribution in [3.8, 4) is 0 Å². The van der Waals surface area contributed by atoms with E-state index in [4.69, 9.17) is 10.5 Å². The second kappa shape index (κ2) is 7.74. The summed E-state index contributed by atoms with van der Waals surface area (Å²) in [5.41, 5.74) is 5.68. The maximum Gasteiger partial charge on any atom is 0.237 e. The second-order valence-corrected chi connectivity index (χ2v) is 6.16. The first-order valence-corrected chi connectivity index (χ1v) is 6.85. The zero-order valence-corrected chi connectivity index (χ0v) is 12.7. The molecular formula is C14H30N2O2. The Morgan fingerprint density at radius 1 is 1.33 bits per heavy atom. The molecule has 0 aliphatic heterocycles. The molecule has 0 spiro atoms. The van der Waals surface area contributed by atoms with Crippen LogP contribution in [0.15, 0.2) is 0 Å². The van der Waals surface area contributed by atoms with Crippen LogP contribution in [0.5, 0.6) is 0 Å². The van der Waals surface area contributed by atoms with Crippen molar-refractivity contribution in [2.45, 2.75) is 60.1 Å². The molecule has 2 atom stereocenters. The van der Waals surface area contributed by atoms with Gasteiger partial charge in [0, 0.05) is 13.2 Å². The minimum atomic E-state index is -0.470. The molecule has 0 heterocycles. The number of nitrogens with one attached hydrogen (secondary N) is 1. The average molecular weight is 258 g/mol. The van der Waals surface area contributed by atoms with Crippen molar-refractivity contribution >= 4 is 5.91 Å². The number of carbonyl (C=O) groups is 1. The summed E-state index contributed by atoms with van der Waals surface area (Å²) in [5.74, 6) is 0.375. The number of carbonyl (C=O) groups excluding carboxylic acids is 1. The molecule has 0 saturated carbocycles. The van der Waals surface area contributed by atoms with E-state index < -0.39 is 6.04 Å². The molecule has 18 heavy (non-hydrogen) atoms. The van der Waals surface area contributed by atoms with Crippen LogP contribution in [0.25, 0.3) is 0 Å². The normalized spacial score (nSPS) is 15.6. The topological polar surface area (TPSA) is 64.3 Å². The van der Waals surface area contributed by atoms with E-state index >= 15 is 0 Å². The van der Waals surface area contributed by atoms with Crippen LogP contribution in [0.4, 0.5) is 0 Å². The third-order valence-corrected chi connectivity index (χ3v) is 3.07. The Morgan fingerprint density at radius 2 is 1.89 bits per heavy atom. The highest BCUT2D eigenvalue weighted by molar-refractivity contribution is 5.82. The minimum Gasteiger partial charge on any atom is -0.378 e. The predicted molar refractivity (Wildman–Crippen MR) is 75.3 cm³/mol. The molecule has 0 aliphatic carbocycles. The van der Waals surface area contributed by atoms with Gasteiger partial charge in [0.1, 0.15) is 0 Å². The van der Waals surface area contributed by atoms with Crippen LogP contribution in [-0.2, 0) is 9.53 Å². The van der Waals surface area contributed by atoms with E-state index in [1.165, 1.54) is 0 Å². The Morgan fingerprint density at radius 3 is 2.28 bits per heavy atom. The van der Waals surface area contributed by atoms with E-state index in [0.29, 0.717) is 19.1 Å². The Balaban J connectivity index is 4.06. The Kier molecular flexibility index (Phi) is 7.48. The maximum absolute atomic E-state index is 11.8. The van der Waals surface area contributed by atoms with E-state index in [-0.39, 0.29) is 17.4 Å². The second-order valence-electron chi connectivity index (χ2n) is 6.16. The smallest absolute Gasteiger partial charge is 0.237 e. The number of hydrogen-bond acceptors (Lipinski definition) is 3. The van der Waals surface area contributed by atoms with Gasteiger partial charge in [0.2, 0.25) is 5.91 Å². The third-order valence-electron chi connectivity index (χ3n) is 3.07. The molecule has 3 N–H and O–H groups in total. The Bertz CT molecular complexity index is 247. The molecule has 0 bridgehead atoms. The van der Waals surface area contributed by atoms with Gasteiger partial charge in [-0.1, -0.05) is 34.6 Å². The van der Waals surface area contributed by atoms with Crippen LogP contribution in [0.3, 0.4) is 0 Å². The molecule has 0 aromatic carbocycles. The highest BCUT2D eigenvalue weighted by Crippen LogP contribution is 2.17. The van der Waals surface area contributed by atoms with Crippen molar-refractivity contribution in [2.75, 3.05) is 13.2 Å². The fraction of sp³-hybridized carbons (Fsp3) is 0.929. The van der Waals surface area contributed by atoms with Crippen molar-refractivity contribution in [3.63, 3.8) is 0 Å². The maximum atomic E-state index is 11.8. The summed E-state index contributed by atoms with van der Waals surface area (Å²) in [5, 5.41) is 2.89. The van der Waals surface area contributed by atoms with Gasteiger partial charge in [-0.15, -0.1) is 0 Å². The fourth-order valence-electron chi connectivity index (χ4n) is 1.66. The van der Waals surface area contributed by atoms with Crippen molar-refractivity contribution in [3.05, 3.63) is 0 Å². The average Bonchev–Trinajstić information content (AvgIpc) is 2.25. The highest BCUT2D eigenvalue weighted by Gasteiger charge is 2.27. The number of hydrogen-bond donors (Lipinski definition) is 2. The van der Waals surface area contributed by atoms with Crippen molar-refractivity contribution in [2.24, 2.45) is 17.1 Å². The van der Waals surface area contributed by atoms with Gasteiger partial charge >= 0.3 is 0 Å². The van der Waals surface area contributed by atoms with E-state index in [2.05, 4.69) is 19.2 Å². The monoisotopic (exact) mass is 258 g/mol. The lowest BCUT2D eigenvalue weighted by Crippen LogP contribution is -2.49. The Labute approximate surface area is 112 Å². The summed E-state index contributed by atoms with van der Waals surface area (Å²) in [6.07, 6.45) is 1.02. The van der Waals surface area contributed by atoms with Crippen molar-refractivity contribution in [1.82, 2.24) is 5.32 Å². The molecule has 4 nitrogen and oxygen atoms in total. The third kappa shape index (κ3) is 6.36. The molecule has 0 fully saturated rings. The van der Waals surface area contributed by atoms with Gasteiger partial charge in [0.05, 0.1) is 12.1 Å². The van der Waals surface area contributed by atoms with Gasteiger partial charge in [-0.3, -0.25) is 4.79 Å². The lowest BCUT2D eigenvalue weighted by atomic mass is 9.87. The molecule has 0 aromatic heterocycles. The van der Waals surface area contributed by atoms with Gasteiger partial charge in [-0.05, 0) is 24.7 Å². The highest BCUT2D eigenvalue weighted by atomic mass is 16.5. The molecule has 0 aliphatic rings. The molecule has 1 unspecified atom stereocenters. The SMILES string of the molecule is CCOC(CCNC(=O)[C@@H](N)C(C)(C)C)C(C)C. The number of nitrogens with two attached hydrogens (primary N) is 1. The summed E-state index contributed by atoms with van der Waals surface area (Å²) >= 11 is 0. The lowest BCUT2D eigenvalue weighted by molar-refractivity contribution is -0.124. The van der Waals surface area contributed by atoms with Gasteiger partial charge in [0.15, 0.2) is 0 Å². The van der Waals surface area contributed by atoms with Crippen LogP contribution < -0.4 is 11.1 Å². The van der Waals surface area contributed by atoms with Gasteiger partial charge < -0.3 is 15.8 Å². The molecule has 1 amide bonds. The summed E-state index contributed by atoms with van der Waals surface area (Å²) in [4.78, 5) is 11.8. The van der Waals surface area contributed by atoms with Crippen molar-refractivity contribution < 1.29 is 9.53 Å². The zero-order chi connectivity index (χ0) is 14.3. The summed E-state index contributed by atoms with van der Waals surface area (Å²) < 4.78 is 5.63. The fourth-order valence-corrected chi connectivity index (χ4v) is 1.66. The zero-order valence-electron chi connectivity index (χ0n) is 12.7. The van der Waals surface area contributed by atoms with Crippen LogP contribution >= 0.6 is 0 Å². The Hall–Kier alpha value is -0.610. The molecule has 0 radical (unpaired) electrons. The first-order chi connectivity index (χ1) is 8.20. The van der Waals surface area contributed by atoms with Crippen LogP contribution in [-0.4, -0.2) is 31.2 Å². The molecule has 0 saturated heterocycles. The largest absolute Gasteiger partial charge is 0.378 e. The van der Waals surface area contributed by atoms with Crippen LogP contribution in [0, 0.1) is 11.3 Å². The van der Waals surface area contributed by atoms with Crippen LogP contribution in [0.1, 0.15) is 48.0 Å². The van der Waals surface area contributed by atoms with Gasteiger partial charge in [0.25, 0.3) is 0 Å². The molecule has 0 aromatic rings. The molecular weight excluding hydrogens is 228 g/mol. The van der Waals surface area contributed by atoms with E-state index in [1.54, 1.807) is 0 Å². The van der Waals surface area contributed by atoms with E-state index in [9.17, 15) is 4.79 Å². The standard InChI is InChI=1S/C14H30N2O2/c1-7-18-11(10(2)3)8-9-16-13(17)12(15)14(4,5)6/h10-12H,7-9,15H2,1-6H3,(H,16,17)/t11?,12-/m1/s1. The first-order valence-electron chi connectivity index (χ1n) is 6.85. The number of ether oxygens (including phenoxy) is 1. The molecule has 4 heteroatoms.